The van der Waals surface area contributed by atoms with Gasteiger partial charge in [0.05, 0.1) is 34.5 Å². The topological polar surface area (TPSA) is 55.4 Å². The SMILES string of the molecule is COC(=O)c1cc(-c2cccc(C(F)(F)F)c2)ccc1NC(=O)c1ccc(Cl)cc1Cl.[Li]. The van der Waals surface area contributed by atoms with E-state index in [0.29, 0.717) is 10.6 Å². The number of anilines is 1. The molecule has 0 unspecified atom stereocenters. The minimum Gasteiger partial charge on any atom is -0.465 e. The van der Waals surface area contributed by atoms with Crippen molar-refractivity contribution in [2.75, 3.05) is 12.4 Å². The summed E-state index contributed by atoms with van der Waals surface area (Å²) in [6, 6.07) is 13.2. The molecule has 0 aliphatic rings. The van der Waals surface area contributed by atoms with Crippen molar-refractivity contribution >= 4 is 59.6 Å². The van der Waals surface area contributed by atoms with Gasteiger partial charge in [-0.2, -0.15) is 13.2 Å². The van der Waals surface area contributed by atoms with Crippen LogP contribution in [-0.4, -0.2) is 37.8 Å². The third-order valence-corrected chi connectivity index (χ3v) is 4.92. The number of benzene rings is 3. The third-order valence-electron chi connectivity index (χ3n) is 4.37. The summed E-state index contributed by atoms with van der Waals surface area (Å²) < 4.78 is 43.9. The van der Waals surface area contributed by atoms with E-state index in [1.807, 2.05) is 0 Å². The van der Waals surface area contributed by atoms with Gasteiger partial charge in [0, 0.05) is 23.9 Å². The minimum absolute atomic E-state index is 0. The maximum Gasteiger partial charge on any atom is 0.416 e. The molecule has 4 nitrogen and oxygen atoms in total. The van der Waals surface area contributed by atoms with Crippen LogP contribution in [0.1, 0.15) is 26.3 Å². The Bertz CT molecular complexity index is 1170. The first kappa shape index (κ1) is 25.8. The van der Waals surface area contributed by atoms with Gasteiger partial charge >= 0.3 is 12.1 Å². The molecule has 32 heavy (non-hydrogen) atoms. The summed E-state index contributed by atoms with van der Waals surface area (Å²) in [5, 5.41) is 3.03. The van der Waals surface area contributed by atoms with E-state index < -0.39 is 23.6 Å². The maximum absolute atomic E-state index is 13.0. The summed E-state index contributed by atoms with van der Waals surface area (Å²) in [6.45, 7) is 0. The molecule has 0 aromatic heterocycles. The Labute approximate surface area is 203 Å². The molecule has 0 heterocycles. The van der Waals surface area contributed by atoms with Crippen LogP contribution in [0.2, 0.25) is 10.0 Å². The van der Waals surface area contributed by atoms with Crippen molar-refractivity contribution in [1.82, 2.24) is 0 Å². The largest absolute Gasteiger partial charge is 0.465 e. The number of amides is 1. The summed E-state index contributed by atoms with van der Waals surface area (Å²) >= 11 is 11.9. The van der Waals surface area contributed by atoms with Crippen LogP contribution < -0.4 is 5.32 Å². The van der Waals surface area contributed by atoms with E-state index in [-0.39, 0.29) is 46.3 Å². The van der Waals surface area contributed by atoms with Gasteiger partial charge in [-0.15, -0.1) is 0 Å². The molecular weight excluding hydrogens is 461 g/mol. The molecule has 1 amide bonds. The number of hydrogen-bond acceptors (Lipinski definition) is 3. The quantitative estimate of drug-likeness (QED) is 0.354. The van der Waals surface area contributed by atoms with Crippen LogP contribution in [0.25, 0.3) is 11.1 Å². The molecule has 0 fully saturated rings. The summed E-state index contributed by atoms with van der Waals surface area (Å²) in [5.41, 5.74) is -0.0229. The fraction of sp³-hybridized carbons (Fsp3) is 0.0909. The molecule has 3 aromatic rings. The van der Waals surface area contributed by atoms with Crippen LogP contribution in [0.5, 0.6) is 0 Å². The smallest absolute Gasteiger partial charge is 0.416 e. The van der Waals surface area contributed by atoms with Gasteiger partial charge in [0.25, 0.3) is 5.91 Å². The van der Waals surface area contributed by atoms with Gasteiger partial charge in [0.15, 0.2) is 0 Å². The summed E-state index contributed by atoms with van der Waals surface area (Å²) in [6.07, 6.45) is -4.51. The average Bonchev–Trinajstić information content (AvgIpc) is 2.72. The first-order chi connectivity index (χ1) is 14.6. The third kappa shape index (κ3) is 5.87. The van der Waals surface area contributed by atoms with Gasteiger partial charge in [-0.3, -0.25) is 4.79 Å². The predicted molar refractivity (Wildman–Crippen MR) is 118 cm³/mol. The number of halogens is 5. The fourth-order valence-electron chi connectivity index (χ4n) is 2.85. The van der Waals surface area contributed by atoms with Crippen molar-refractivity contribution in [3.8, 4) is 11.1 Å². The van der Waals surface area contributed by atoms with Gasteiger partial charge in [-0.1, -0.05) is 41.4 Å². The Hall–Kier alpha value is -2.43. The van der Waals surface area contributed by atoms with Crippen molar-refractivity contribution in [3.63, 3.8) is 0 Å². The maximum atomic E-state index is 13.0. The van der Waals surface area contributed by atoms with Gasteiger partial charge in [-0.25, -0.2) is 4.79 Å². The molecule has 0 spiro atoms. The number of alkyl halides is 3. The molecule has 0 saturated heterocycles. The normalized spacial score (nSPS) is 10.8. The minimum atomic E-state index is -4.51. The van der Waals surface area contributed by atoms with Crippen molar-refractivity contribution < 1.29 is 27.5 Å². The molecule has 0 bridgehead atoms. The second-order valence-electron chi connectivity index (χ2n) is 6.41. The zero-order valence-electron chi connectivity index (χ0n) is 16.9. The zero-order chi connectivity index (χ0) is 22.8. The molecular formula is C22H14Cl2F3LiNO3. The van der Waals surface area contributed by atoms with E-state index in [4.69, 9.17) is 27.9 Å². The number of ether oxygens (including phenoxy) is 1. The number of carbonyl (C=O) groups is 2. The summed E-state index contributed by atoms with van der Waals surface area (Å²) in [5.74, 6) is -1.37. The first-order valence-corrected chi connectivity index (χ1v) is 9.52. The molecule has 3 rings (SSSR count). The molecule has 10 heteroatoms. The molecule has 1 radical (unpaired) electrons. The Kier molecular flexibility index (Phi) is 8.44. The van der Waals surface area contributed by atoms with Gasteiger partial charge in [-0.05, 0) is 53.6 Å². The molecule has 0 aliphatic carbocycles. The monoisotopic (exact) mass is 474 g/mol. The van der Waals surface area contributed by atoms with Crippen LogP contribution in [0.3, 0.4) is 0 Å². The van der Waals surface area contributed by atoms with Gasteiger partial charge in [0.1, 0.15) is 0 Å². The number of hydrogen-bond donors (Lipinski definition) is 1. The molecule has 0 atom stereocenters. The molecule has 161 valence electrons. The number of esters is 1. The van der Waals surface area contributed by atoms with Crippen LogP contribution in [0, 0.1) is 0 Å². The van der Waals surface area contributed by atoms with E-state index in [9.17, 15) is 22.8 Å². The Balaban J connectivity index is 0.00000363. The van der Waals surface area contributed by atoms with E-state index in [1.165, 1.54) is 48.5 Å². The van der Waals surface area contributed by atoms with Gasteiger partial charge < -0.3 is 10.1 Å². The molecule has 1 N–H and O–H groups in total. The Morgan fingerprint density at radius 2 is 1.59 bits per heavy atom. The number of rotatable bonds is 4. The fourth-order valence-corrected chi connectivity index (χ4v) is 3.34. The first-order valence-electron chi connectivity index (χ1n) is 8.76. The zero-order valence-corrected chi connectivity index (χ0v) is 18.4. The van der Waals surface area contributed by atoms with Crippen molar-refractivity contribution in [3.05, 3.63) is 87.4 Å². The van der Waals surface area contributed by atoms with Gasteiger partial charge in [0.2, 0.25) is 0 Å². The average molecular weight is 475 g/mol. The second-order valence-corrected chi connectivity index (χ2v) is 7.25. The number of methoxy groups -OCH3 is 1. The number of nitrogens with one attached hydrogen (secondary N) is 1. The second kappa shape index (κ2) is 10.5. The number of carbonyl (C=O) groups excluding carboxylic acids is 2. The van der Waals surface area contributed by atoms with E-state index in [1.54, 1.807) is 0 Å². The standard InChI is InChI=1S/C22H14Cl2F3NO3.Li/c1-31-21(30)17-10-13(12-3-2-4-14(9-12)22(25,26)27)5-8-19(17)28-20(29)16-7-6-15(23)11-18(16)24;/h2-11H,1H3,(H,28,29);. The summed E-state index contributed by atoms with van der Waals surface area (Å²) in [4.78, 5) is 24.9. The predicted octanol–water partition coefficient (Wildman–Crippen LogP) is 6.34. The van der Waals surface area contributed by atoms with E-state index >= 15 is 0 Å². The molecule has 3 aromatic carbocycles. The van der Waals surface area contributed by atoms with Crippen molar-refractivity contribution in [2.24, 2.45) is 0 Å². The Morgan fingerprint density at radius 3 is 2.22 bits per heavy atom. The summed E-state index contributed by atoms with van der Waals surface area (Å²) in [7, 11) is 1.15. The van der Waals surface area contributed by atoms with Crippen LogP contribution in [-0.2, 0) is 10.9 Å². The van der Waals surface area contributed by atoms with E-state index in [0.717, 1.165) is 19.2 Å². The molecule has 0 aliphatic heterocycles. The van der Waals surface area contributed by atoms with E-state index in [2.05, 4.69) is 5.32 Å². The van der Waals surface area contributed by atoms with Crippen LogP contribution in [0.15, 0.2) is 60.7 Å². The van der Waals surface area contributed by atoms with Crippen molar-refractivity contribution in [1.29, 1.82) is 0 Å². The van der Waals surface area contributed by atoms with Crippen molar-refractivity contribution in [2.45, 2.75) is 6.18 Å². The molecule has 0 saturated carbocycles. The Morgan fingerprint density at radius 1 is 0.906 bits per heavy atom. The van der Waals surface area contributed by atoms with Crippen LogP contribution in [0.4, 0.5) is 18.9 Å². The van der Waals surface area contributed by atoms with Crippen LogP contribution >= 0.6 is 23.2 Å².